The average Bonchev–Trinajstić information content (AvgIpc) is 3.01. The second-order valence-electron chi connectivity index (χ2n) is 6.73. The smallest absolute Gasteiger partial charge is 0.303 e. The van der Waals surface area contributed by atoms with Crippen molar-refractivity contribution in [2.75, 3.05) is 13.2 Å². The van der Waals surface area contributed by atoms with Crippen molar-refractivity contribution in [1.82, 2.24) is 0 Å². The number of benzene rings is 1. The summed E-state index contributed by atoms with van der Waals surface area (Å²) in [6, 6.07) is 6.95. The third-order valence-electron chi connectivity index (χ3n) is 4.47. The highest BCUT2D eigenvalue weighted by Crippen LogP contribution is 2.27. The van der Waals surface area contributed by atoms with Crippen molar-refractivity contribution >= 4 is 17.6 Å². The summed E-state index contributed by atoms with van der Waals surface area (Å²) in [5.74, 6) is -0.297. The minimum atomic E-state index is -0.813. The Morgan fingerprint density at radius 2 is 2.14 bits per heavy atom. The fourth-order valence-electron chi connectivity index (χ4n) is 2.99. The van der Waals surface area contributed by atoms with Gasteiger partial charge >= 0.3 is 5.97 Å². The fourth-order valence-corrected chi connectivity index (χ4v) is 3.17. The average molecular weight is 411 g/mol. The Labute approximate surface area is 170 Å². The van der Waals surface area contributed by atoms with Gasteiger partial charge in [-0.1, -0.05) is 42.0 Å². The SMILES string of the molecule is O=C(O)CC/C=C/CCC1C(O)COC1/C=C/C(O)COc1cccc(Cl)c1. The van der Waals surface area contributed by atoms with E-state index in [0.717, 1.165) is 12.8 Å². The van der Waals surface area contributed by atoms with Crippen molar-refractivity contribution in [1.29, 1.82) is 0 Å². The molecule has 0 amide bonds. The molecule has 0 aromatic heterocycles. The first-order chi connectivity index (χ1) is 13.5. The molecule has 4 unspecified atom stereocenters. The quantitative estimate of drug-likeness (QED) is 0.485. The number of hydrogen-bond donors (Lipinski definition) is 3. The van der Waals surface area contributed by atoms with Crippen LogP contribution in [0, 0.1) is 5.92 Å². The lowest BCUT2D eigenvalue weighted by molar-refractivity contribution is -0.136. The summed E-state index contributed by atoms with van der Waals surface area (Å²) in [6.07, 6.45) is 7.59. The van der Waals surface area contributed by atoms with Crippen molar-refractivity contribution in [2.45, 2.75) is 44.0 Å². The highest BCUT2D eigenvalue weighted by molar-refractivity contribution is 6.30. The van der Waals surface area contributed by atoms with Gasteiger partial charge in [0.25, 0.3) is 0 Å². The number of hydrogen-bond acceptors (Lipinski definition) is 5. The molecule has 0 spiro atoms. The Morgan fingerprint density at radius 3 is 2.89 bits per heavy atom. The number of ether oxygens (including phenoxy) is 2. The number of allylic oxidation sites excluding steroid dienone is 2. The minimum Gasteiger partial charge on any atom is -0.491 e. The molecule has 28 heavy (non-hydrogen) atoms. The summed E-state index contributed by atoms with van der Waals surface area (Å²) in [5, 5.41) is 29.4. The topological polar surface area (TPSA) is 96.2 Å². The van der Waals surface area contributed by atoms with Crippen molar-refractivity contribution in [3.63, 3.8) is 0 Å². The lowest BCUT2D eigenvalue weighted by Crippen LogP contribution is -2.23. The number of carbonyl (C=O) groups is 1. The van der Waals surface area contributed by atoms with Crippen molar-refractivity contribution in [3.8, 4) is 5.75 Å². The van der Waals surface area contributed by atoms with Crippen LogP contribution >= 0.6 is 11.6 Å². The number of rotatable bonds is 11. The Kier molecular flexibility index (Phi) is 9.50. The molecule has 1 saturated heterocycles. The van der Waals surface area contributed by atoms with E-state index in [-0.39, 0.29) is 31.7 Å². The largest absolute Gasteiger partial charge is 0.491 e. The van der Waals surface area contributed by atoms with Crippen LogP contribution in [0.15, 0.2) is 48.6 Å². The van der Waals surface area contributed by atoms with Gasteiger partial charge in [0.05, 0.1) is 18.8 Å². The van der Waals surface area contributed by atoms with Gasteiger partial charge in [-0.25, -0.2) is 0 Å². The molecule has 0 saturated carbocycles. The number of carboxylic acid groups (broad SMARTS) is 1. The van der Waals surface area contributed by atoms with Gasteiger partial charge in [0.1, 0.15) is 18.5 Å². The first kappa shape index (κ1) is 22.4. The molecule has 4 atom stereocenters. The van der Waals surface area contributed by atoms with Gasteiger partial charge in [-0.2, -0.15) is 0 Å². The third-order valence-corrected chi connectivity index (χ3v) is 4.71. The number of aliphatic hydroxyl groups excluding tert-OH is 2. The second kappa shape index (κ2) is 11.9. The van der Waals surface area contributed by atoms with Gasteiger partial charge in [0.2, 0.25) is 0 Å². The van der Waals surface area contributed by atoms with E-state index < -0.39 is 18.2 Å². The van der Waals surface area contributed by atoms with Crippen LogP contribution in [0.25, 0.3) is 0 Å². The maximum atomic E-state index is 10.5. The van der Waals surface area contributed by atoms with Gasteiger partial charge < -0.3 is 24.8 Å². The van der Waals surface area contributed by atoms with Crippen LogP contribution in [0.2, 0.25) is 5.02 Å². The van der Waals surface area contributed by atoms with Crippen LogP contribution in [0.3, 0.4) is 0 Å². The second-order valence-corrected chi connectivity index (χ2v) is 7.17. The zero-order chi connectivity index (χ0) is 20.4. The Hall–Kier alpha value is -1.86. The molecule has 0 bridgehead atoms. The lowest BCUT2D eigenvalue weighted by atomic mass is 9.93. The van der Waals surface area contributed by atoms with Gasteiger partial charge in [0, 0.05) is 17.4 Å². The summed E-state index contributed by atoms with van der Waals surface area (Å²) in [4.78, 5) is 10.5. The van der Waals surface area contributed by atoms with Crippen LogP contribution in [-0.4, -0.2) is 52.8 Å². The summed E-state index contributed by atoms with van der Waals surface area (Å²) < 4.78 is 11.1. The number of aliphatic carboxylic acids is 1. The van der Waals surface area contributed by atoms with Crippen LogP contribution < -0.4 is 4.74 Å². The first-order valence-corrected chi connectivity index (χ1v) is 9.74. The molecule has 7 heteroatoms. The predicted octanol–water partition coefficient (Wildman–Crippen LogP) is 3.21. The third kappa shape index (κ3) is 8.02. The van der Waals surface area contributed by atoms with Crippen molar-refractivity contribution < 1.29 is 29.6 Å². The zero-order valence-corrected chi connectivity index (χ0v) is 16.4. The molecule has 1 aromatic carbocycles. The monoisotopic (exact) mass is 410 g/mol. The van der Waals surface area contributed by atoms with E-state index >= 15 is 0 Å². The minimum absolute atomic E-state index is 0.0681. The maximum absolute atomic E-state index is 10.5. The summed E-state index contributed by atoms with van der Waals surface area (Å²) in [6.45, 7) is 0.348. The molecule has 1 aromatic rings. The normalized spacial score (nSPS) is 23.5. The molecule has 0 aliphatic carbocycles. The zero-order valence-electron chi connectivity index (χ0n) is 15.6. The van der Waals surface area contributed by atoms with E-state index in [1.807, 2.05) is 12.2 Å². The summed E-state index contributed by atoms with van der Waals surface area (Å²) >= 11 is 5.89. The van der Waals surface area contributed by atoms with E-state index in [1.54, 1.807) is 36.4 Å². The maximum Gasteiger partial charge on any atom is 0.303 e. The van der Waals surface area contributed by atoms with Gasteiger partial charge in [-0.15, -0.1) is 0 Å². The number of halogens is 1. The number of aliphatic hydroxyl groups is 2. The number of carboxylic acids is 1. The van der Waals surface area contributed by atoms with Crippen LogP contribution in [0.4, 0.5) is 0 Å². The van der Waals surface area contributed by atoms with Crippen molar-refractivity contribution in [3.05, 3.63) is 53.6 Å². The molecule has 1 aliphatic rings. The van der Waals surface area contributed by atoms with Gasteiger partial charge in [0.15, 0.2) is 0 Å². The molecule has 1 aliphatic heterocycles. The van der Waals surface area contributed by atoms with E-state index in [9.17, 15) is 15.0 Å². The van der Waals surface area contributed by atoms with E-state index in [1.165, 1.54) is 0 Å². The molecule has 0 radical (unpaired) electrons. The van der Waals surface area contributed by atoms with Crippen molar-refractivity contribution in [2.24, 2.45) is 5.92 Å². The van der Waals surface area contributed by atoms with Crippen LogP contribution in [0.5, 0.6) is 5.75 Å². The first-order valence-electron chi connectivity index (χ1n) is 9.37. The van der Waals surface area contributed by atoms with Crippen LogP contribution in [-0.2, 0) is 9.53 Å². The highest BCUT2D eigenvalue weighted by atomic mass is 35.5. The Balaban J connectivity index is 1.76. The van der Waals surface area contributed by atoms with Crippen LogP contribution in [0.1, 0.15) is 25.7 Å². The van der Waals surface area contributed by atoms with Gasteiger partial charge in [-0.3, -0.25) is 4.79 Å². The molecule has 154 valence electrons. The highest BCUT2D eigenvalue weighted by Gasteiger charge is 2.33. The summed E-state index contributed by atoms with van der Waals surface area (Å²) in [7, 11) is 0. The van der Waals surface area contributed by atoms with Gasteiger partial charge in [-0.05, 0) is 37.5 Å². The molecular weight excluding hydrogens is 384 g/mol. The standard InChI is InChI=1S/C21H27ClO6/c22-15-6-5-7-17(12-15)27-13-16(23)10-11-20-18(19(24)14-28-20)8-3-1-2-4-9-21(25)26/h1-2,5-7,10-12,16,18-20,23-24H,3-4,8-9,13-14H2,(H,25,26)/b2-1+,11-10+. The Morgan fingerprint density at radius 1 is 1.36 bits per heavy atom. The molecule has 3 N–H and O–H groups in total. The van der Waals surface area contributed by atoms with E-state index in [0.29, 0.717) is 17.2 Å². The fraction of sp³-hybridized carbons (Fsp3) is 0.476. The predicted molar refractivity (Wildman–Crippen MR) is 107 cm³/mol. The molecular formula is C21H27ClO6. The van der Waals surface area contributed by atoms with E-state index in [4.69, 9.17) is 26.2 Å². The lowest BCUT2D eigenvalue weighted by Gasteiger charge is -2.17. The molecule has 2 rings (SSSR count). The van der Waals surface area contributed by atoms with E-state index in [2.05, 4.69) is 0 Å². The summed E-state index contributed by atoms with van der Waals surface area (Å²) in [5.41, 5.74) is 0. The molecule has 6 nitrogen and oxygen atoms in total. The molecule has 1 fully saturated rings. The molecule has 1 heterocycles. The Bertz CT molecular complexity index is 675.